The third-order valence-corrected chi connectivity index (χ3v) is 6.07. The highest BCUT2D eigenvalue weighted by Gasteiger charge is 2.29. The quantitative estimate of drug-likeness (QED) is 0.545. The van der Waals surface area contributed by atoms with E-state index >= 15 is 0 Å². The van der Waals surface area contributed by atoms with Gasteiger partial charge in [0.1, 0.15) is 5.84 Å². The normalized spacial score (nSPS) is 16.8. The molecule has 1 aliphatic rings. The molecule has 0 spiro atoms. The van der Waals surface area contributed by atoms with Gasteiger partial charge in [0.25, 0.3) is 10.0 Å². The molecular formula is C21H25N3O4S. The molecule has 0 saturated carbocycles. The van der Waals surface area contributed by atoms with Crippen molar-refractivity contribution < 1.29 is 18.3 Å². The number of sulfonamides is 1. The van der Waals surface area contributed by atoms with Crippen molar-refractivity contribution in [1.82, 2.24) is 10.0 Å². The van der Waals surface area contributed by atoms with E-state index in [4.69, 9.17) is 0 Å². The van der Waals surface area contributed by atoms with Crippen LogP contribution in [0.4, 0.5) is 0 Å². The van der Waals surface area contributed by atoms with Gasteiger partial charge in [-0.3, -0.25) is 14.5 Å². The van der Waals surface area contributed by atoms with E-state index in [2.05, 4.69) is 15.0 Å². The van der Waals surface area contributed by atoms with Crippen molar-refractivity contribution in [2.75, 3.05) is 13.1 Å². The number of benzene rings is 2. The van der Waals surface area contributed by atoms with Gasteiger partial charge in [-0.15, -0.1) is 0 Å². The Bertz CT molecular complexity index is 974. The third-order valence-electron chi connectivity index (χ3n) is 4.67. The Kier molecular flexibility index (Phi) is 7.00. The zero-order chi connectivity index (χ0) is 20.7. The lowest BCUT2D eigenvalue weighted by Crippen LogP contribution is -2.28. The topological polar surface area (TPSA) is 108 Å². The molecule has 1 atom stereocenters. The van der Waals surface area contributed by atoms with Gasteiger partial charge in [0.15, 0.2) is 0 Å². The van der Waals surface area contributed by atoms with E-state index in [-0.39, 0.29) is 17.3 Å². The summed E-state index contributed by atoms with van der Waals surface area (Å²) in [6.07, 6.45) is 1.94. The summed E-state index contributed by atoms with van der Waals surface area (Å²) in [5.74, 6) is 0.289. The van der Waals surface area contributed by atoms with Crippen molar-refractivity contribution in [1.29, 1.82) is 0 Å². The zero-order valence-electron chi connectivity index (χ0n) is 16.0. The number of hydrogen-bond donors (Lipinski definition) is 3. The number of amides is 1. The van der Waals surface area contributed by atoms with Crippen LogP contribution in [0.5, 0.6) is 0 Å². The lowest BCUT2D eigenvalue weighted by atomic mass is 10.1. The van der Waals surface area contributed by atoms with Crippen molar-refractivity contribution in [2.45, 2.75) is 36.7 Å². The number of aliphatic hydroxyl groups excluding tert-OH is 1. The average molecular weight is 416 g/mol. The largest absolute Gasteiger partial charge is 0.387 e. The first-order chi connectivity index (χ1) is 14.0. The van der Waals surface area contributed by atoms with Crippen LogP contribution < -0.4 is 10.0 Å². The summed E-state index contributed by atoms with van der Waals surface area (Å²) in [7, 11) is -3.50. The zero-order valence-corrected chi connectivity index (χ0v) is 16.9. The molecule has 0 saturated heterocycles. The summed E-state index contributed by atoms with van der Waals surface area (Å²) in [5.41, 5.74) is 1.37. The summed E-state index contributed by atoms with van der Waals surface area (Å²) < 4.78 is 26.5. The third kappa shape index (κ3) is 5.65. The molecule has 1 amide bonds. The molecule has 1 aliphatic heterocycles. The molecule has 0 radical (unpaired) electrons. The number of hydrogen-bond acceptors (Lipinski definition) is 5. The van der Waals surface area contributed by atoms with Crippen LogP contribution in [0, 0.1) is 0 Å². The molecule has 0 aromatic heterocycles. The molecular weight excluding hydrogens is 390 g/mol. The molecule has 0 fully saturated rings. The molecule has 2 aromatic rings. The minimum atomic E-state index is -3.50. The first kappa shape index (κ1) is 21.0. The number of unbranched alkanes of at least 4 members (excludes halogenated alkanes) is 2. The van der Waals surface area contributed by atoms with Gasteiger partial charge in [-0.1, -0.05) is 48.9 Å². The predicted molar refractivity (Wildman–Crippen MR) is 111 cm³/mol. The summed E-state index contributed by atoms with van der Waals surface area (Å²) in [5, 5.41) is 12.8. The molecule has 0 aliphatic carbocycles. The van der Waals surface area contributed by atoms with Crippen LogP contribution >= 0.6 is 0 Å². The number of nitrogens with zero attached hydrogens (tertiary/aromatic N) is 1. The Morgan fingerprint density at radius 1 is 1.03 bits per heavy atom. The molecule has 0 bridgehead atoms. The van der Waals surface area contributed by atoms with Gasteiger partial charge >= 0.3 is 0 Å². The fraction of sp³-hybridized carbons (Fsp3) is 0.333. The summed E-state index contributed by atoms with van der Waals surface area (Å²) in [4.78, 5) is 16.5. The average Bonchev–Trinajstić information content (AvgIpc) is 3.00. The van der Waals surface area contributed by atoms with Crippen LogP contribution in [-0.2, 0) is 14.8 Å². The highest BCUT2D eigenvalue weighted by molar-refractivity contribution is 7.90. The van der Waals surface area contributed by atoms with E-state index in [1.165, 1.54) is 0 Å². The minimum absolute atomic E-state index is 0.0937. The number of rotatable bonds is 9. The minimum Gasteiger partial charge on any atom is -0.387 e. The Labute approximate surface area is 170 Å². The number of fused-ring (bicyclic) bond motifs is 1. The molecule has 8 heteroatoms. The van der Waals surface area contributed by atoms with Crippen molar-refractivity contribution in [2.24, 2.45) is 4.99 Å². The number of aliphatic imine (C=N–C) groups is 1. The molecule has 3 N–H and O–H groups in total. The van der Waals surface area contributed by atoms with Gasteiger partial charge in [0, 0.05) is 25.1 Å². The SMILES string of the molecule is O=C(CCCCCN=C1NS(=O)(=O)c2ccccc21)NCC(O)c1ccccc1. The maximum absolute atomic E-state index is 12.0. The van der Waals surface area contributed by atoms with Crippen LogP contribution in [0.2, 0.25) is 0 Å². The fourth-order valence-corrected chi connectivity index (χ4v) is 4.36. The van der Waals surface area contributed by atoms with E-state index in [0.717, 1.165) is 18.4 Å². The Balaban J connectivity index is 1.34. The number of amidine groups is 1. The number of carbonyl (C=O) groups is 1. The van der Waals surface area contributed by atoms with Crippen LogP contribution in [0.3, 0.4) is 0 Å². The van der Waals surface area contributed by atoms with Gasteiger partial charge in [-0.05, 0) is 30.5 Å². The first-order valence-corrected chi connectivity index (χ1v) is 11.1. The Hall–Kier alpha value is -2.71. The highest BCUT2D eigenvalue weighted by atomic mass is 32.2. The van der Waals surface area contributed by atoms with Gasteiger partial charge < -0.3 is 10.4 Å². The van der Waals surface area contributed by atoms with Crippen molar-refractivity contribution >= 4 is 21.8 Å². The second kappa shape index (κ2) is 9.67. The van der Waals surface area contributed by atoms with E-state index in [1.54, 1.807) is 24.3 Å². The smallest absolute Gasteiger partial charge is 0.263 e. The maximum Gasteiger partial charge on any atom is 0.263 e. The monoisotopic (exact) mass is 415 g/mol. The van der Waals surface area contributed by atoms with Crippen LogP contribution in [0.25, 0.3) is 0 Å². The van der Waals surface area contributed by atoms with Crippen LogP contribution in [0.1, 0.15) is 42.9 Å². The molecule has 154 valence electrons. The predicted octanol–water partition coefficient (Wildman–Crippen LogP) is 2.14. The molecule has 1 heterocycles. The molecule has 29 heavy (non-hydrogen) atoms. The number of nitrogens with one attached hydrogen (secondary N) is 2. The second-order valence-electron chi connectivity index (χ2n) is 6.87. The lowest BCUT2D eigenvalue weighted by molar-refractivity contribution is -0.121. The van der Waals surface area contributed by atoms with Crippen molar-refractivity contribution in [3.8, 4) is 0 Å². The van der Waals surface area contributed by atoms with E-state index in [9.17, 15) is 18.3 Å². The molecule has 2 aromatic carbocycles. The first-order valence-electron chi connectivity index (χ1n) is 9.64. The van der Waals surface area contributed by atoms with Crippen LogP contribution in [0.15, 0.2) is 64.5 Å². The van der Waals surface area contributed by atoms with E-state index in [1.807, 2.05) is 30.3 Å². The summed E-state index contributed by atoms with van der Waals surface area (Å²) >= 11 is 0. The van der Waals surface area contributed by atoms with Crippen molar-refractivity contribution in [3.05, 3.63) is 65.7 Å². The van der Waals surface area contributed by atoms with Gasteiger partial charge in [0.2, 0.25) is 5.91 Å². The standard InChI is InChI=1S/C21H25N3O4S/c25-18(16-9-3-1-4-10-16)15-23-20(26)13-5-2-8-14-22-21-17-11-6-7-12-19(17)29(27,28)24-21/h1,3-4,6-7,9-12,18,25H,2,5,8,13-15H2,(H,22,24)(H,23,26). The lowest BCUT2D eigenvalue weighted by Gasteiger charge is -2.12. The second-order valence-corrected chi connectivity index (χ2v) is 8.52. The highest BCUT2D eigenvalue weighted by Crippen LogP contribution is 2.22. The van der Waals surface area contributed by atoms with Gasteiger partial charge in [-0.25, -0.2) is 8.42 Å². The Morgan fingerprint density at radius 3 is 2.55 bits per heavy atom. The molecule has 7 nitrogen and oxygen atoms in total. The van der Waals surface area contributed by atoms with E-state index < -0.39 is 16.1 Å². The Morgan fingerprint density at radius 2 is 1.76 bits per heavy atom. The number of aliphatic hydroxyl groups is 1. The number of carbonyl (C=O) groups excluding carboxylic acids is 1. The summed E-state index contributed by atoms with van der Waals surface area (Å²) in [6.45, 7) is 0.677. The van der Waals surface area contributed by atoms with Crippen molar-refractivity contribution in [3.63, 3.8) is 0 Å². The fourth-order valence-electron chi connectivity index (χ4n) is 3.11. The summed E-state index contributed by atoms with van der Waals surface area (Å²) in [6, 6.07) is 16.0. The van der Waals surface area contributed by atoms with E-state index in [0.29, 0.717) is 30.8 Å². The van der Waals surface area contributed by atoms with Gasteiger partial charge in [-0.2, -0.15) is 0 Å². The van der Waals surface area contributed by atoms with Crippen LogP contribution in [-0.4, -0.2) is 38.4 Å². The molecule has 1 unspecified atom stereocenters. The maximum atomic E-state index is 12.0. The van der Waals surface area contributed by atoms with Gasteiger partial charge in [0.05, 0.1) is 11.0 Å². The molecule has 3 rings (SSSR count).